The van der Waals surface area contributed by atoms with E-state index in [-0.39, 0.29) is 0 Å². The Hall–Kier alpha value is -1.62. The van der Waals surface area contributed by atoms with Crippen LogP contribution in [0, 0.1) is 6.92 Å². The van der Waals surface area contributed by atoms with Gasteiger partial charge in [0.15, 0.2) is 0 Å². The van der Waals surface area contributed by atoms with Gasteiger partial charge in [0.2, 0.25) is 5.88 Å². The number of nitrogens with zero attached hydrogens (tertiary/aromatic N) is 2. The van der Waals surface area contributed by atoms with Crippen LogP contribution in [-0.4, -0.2) is 9.97 Å². The van der Waals surface area contributed by atoms with Crippen molar-refractivity contribution in [3.8, 4) is 11.6 Å². The molecule has 0 spiro atoms. The van der Waals surface area contributed by atoms with E-state index in [0.717, 1.165) is 15.8 Å². The van der Waals surface area contributed by atoms with Gasteiger partial charge in [-0.2, -0.15) is 0 Å². The fourth-order valence-electron chi connectivity index (χ4n) is 1.18. The number of ether oxygens (including phenoxy) is 1. The average Bonchev–Trinajstić information content (AvgIpc) is 2.27. The molecule has 1 heterocycles. The highest BCUT2D eigenvalue weighted by Gasteiger charge is 2.03. The van der Waals surface area contributed by atoms with Crippen molar-refractivity contribution in [2.75, 3.05) is 5.73 Å². The highest BCUT2D eigenvalue weighted by Crippen LogP contribution is 2.26. The summed E-state index contributed by atoms with van der Waals surface area (Å²) < 4.78 is 6.54. The molecule has 0 bridgehead atoms. The van der Waals surface area contributed by atoms with E-state index in [0.29, 0.717) is 11.7 Å². The molecule has 0 saturated carbocycles. The molecule has 0 aliphatic heterocycles. The van der Waals surface area contributed by atoms with Crippen molar-refractivity contribution in [3.63, 3.8) is 0 Å². The number of halogens is 1. The minimum absolute atomic E-state index is 0.373. The maximum atomic E-state index is 5.59. The molecule has 1 aromatic carbocycles. The van der Waals surface area contributed by atoms with Crippen LogP contribution in [0.1, 0.15) is 5.56 Å². The molecule has 2 N–H and O–H groups in total. The molecule has 4 nitrogen and oxygen atoms in total. The van der Waals surface area contributed by atoms with Gasteiger partial charge in [-0.05, 0) is 24.6 Å². The molecule has 0 aliphatic rings. The third-order valence-corrected chi connectivity index (χ3v) is 2.51. The Labute approximate surface area is 102 Å². The summed E-state index contributed by atoms with van der Waals surface area (Å²) in [4.78, 5) is 7.93. The zero-order chi connectivity index (χ0) is 11.5. The predicted octanol–water partition coefficient (Wildman–Crippen LogP) is 2.92. The first kappa shape index (κ1) is 10.9. The third-order valence-electron chi connectivity index (χ3n) is 2.01. The molecule has 1 aromatic heterocycles. The number of hydrogen-bond donors (Lipinski definition) is 1. The number of nitrogens with two attached hydrogens (primary N) is 1. The van der Waals surface area contributed by atoms with Crippen LogP contribution >= 0.6 is 15.9 Å². The van der Waals surface area contributed by atoms with Crippen molar-refractivity contribution in [3.05, 3.63) is 40.6 Å². The third kappa shape index (κ3) is 2.49. The number of aryl methyl sites for hydroxylation is 1. The van der Waals surface area contributed by atoms with Crippen molar-refractivity contribution < 1.29 is 4.74 Å². The molecule has 0 saturated heterocycles. The normalized spacial score (nSPS) is 10.1. The first-order chi connectivity index (χ1) is 7.65. The molecule has 0 fully saturated rings. The van der Waals surface area contributed by atoms with Crippen molar-refractivity contribution in [1.29, 1.82) is 0 Å². The van der Waals surface area contributed by atoms with E-state index in [1.807, 2.05) is 25.1 Å². The number of aromatic nitrogens is 2. The summed E-state index contributed by atoms with van der Waals surface area (Å²) in [6, 6.07) is 5.80. The van der Waals surface area contributed by atoms with Gasteiger partial charge in [-0.1, -0.05) is 22.0 Å². The second-order valence-electron chi connectivity index (χ2n) is 3.29. The lowest BCUT2D eigenvalue weighted by Gasteiger charge is -2.07. The van der Waals surface area contributed by atoms with Crippen LogP contribution in [0.3, 0.4) is 0 Å². The highest BCUT2D eigenvalue weighted by atomic mass is 79.9. The Kier molecular flexibility index (Phi) is 3.05. The largest absolute Gasteiger partial charge is 0.437 e. The Morgan fingerprint density at radius 1 is 1.25 bits per heavy atom. The quantitative estimate of drug-likeness (QED) is 0.918. The van der Waals surface area contributed by atoms with Gasteiger partial charge < -0.3 is 10.5 Å². The Bertz CT molecular complexity index is 499. The standard InChI is InChI=1S/C11H10BrN3O/c1-7-2-3-8(12)4-9(7)16-11-6-14-10(13)5-15-11/h2-6H,1H3,(H2,13,14). The number of benzene rings is 1. The van der Waals surface area contributed by atoms with Crippen LogP contribution in [0.25, 0.3) is 0 Å². The van der Waals surface area contributed by atoms with Gasteiger partial charge >= 0.3 is 0 Å². The Morgan fingerprint density at radius 3 is 2.75 bits per heavy atom. The zero-order valence-corrected chi connectivity index (χ0v) is 10.2. The molecule has 2 aromatic rings. The van der Waals surface area contributed by atoms with Crippen molar-refractivity contribution in [2.24, 2.45) is 0 Å². The molecule has 0 unspecified atom stereocenters. The van der Waals surface area contributed by atoms with Crippen LogP contribution in [0.15, 0.2) is 35.1 Å². The van der Waals surface area contributed by atoms with Gasteiger partial charge in [-0.15, -0.1) is 0 Å². The summed E-state index contributed by atoms with van der Waals surface area (Å²) in [6.45, 7) is 1.96. The predicted molar refractivity (Wildman–Crippen MR) is 65.4 cm³/mol. The summed E-state index contributed by atoms with van der Waals surface area (Å²) in [5, 5.41) is 0. The number of nitrogen functional groups attached to an aromatic ring is 1. The van der Waals surface area contributed by atoms with Crippen molar-refractivity contribution in [2.45, 2.75) is 6.92 Å². The number of hydrogen-bond acceptors (Lipinski definition) is 4. The van der Waals surface area contributed by atoms with E-state index in [1.54, 1.807) is 0 Å². The monoisotopic (exact) mass is 279 g/mol. The maximum Gasteiger partial charge on any atom is 0.237 e. The SMILES string of the molecule is Cc1ccc(Br)cc1Oc1cnc(N)cn1. The lowest BCUT2D eigenvalue weighted by molar-refractivity contribution is 0.457. The molecule has 2 rings (SSSR count). The lowest BCUT2D eigenvalue weighted by Crippen LogP contribution is -1.94. The average molecular weight is 280 g/mol. The van der Waals surface area contributed by atoms with E-state index >= 15 is 0 Å². The molecule has 0 atom stereocenters. The van der Waals surface area contributed by atoms with Gasteiger partial charge in [0.05, 0.1) is 12.4 Å². The molecule has 16 heavy (non-hydrogen) atoms. The summed E-state index contributed by atoms with van der Waals surface area (Å²) >= 11 is 3.39. The maximum absolute atomic E-state index is 5.59. The second-order valence-corrected chi connectivity index (χ2v) is 4.21. The summed E-state index contributed by atoms with van der Waals surface area (Å²) in [6.07, 6.45) is 2.96. The van der Waals surface area contributed by atoms with E-state index in [1.165, 1.54) is 12.4 Å². The molecule has 0 radical (unpaired) electrons. The summed E-state index contributed by atoms with van der Waals surface area (Å²) in [5.41, 5.74) is 6.47. The van der Waals surface area contributed by atoms with E-state index in [9.17, 15) is 0 Å². The second kappa shape index (κ2) is 4.49. The number of anilines is 1. The topological polar surface area (TPSA) is 61.0 Å². The fourth-order valence-corrected chi connectivity index (χ4v) is 1.52. The molecule has 5 heteroatoms. The van der Waals surface area contributed by atoms with Crippen LogP contribution in [-0.2, 0) is 0 Å². The van der Waals surface area contributed by atoms with Crippen LogP contribution in [0.2, 0.25) is 0 Å². The smallest absolute Gasteiger partial charge is 0.237 e. The summed E-state index contributed by atoms with van der Waals surface area (Å²) in [5.74, 6) is 1.54. The van der Waals surface area contributed by atoms with Crippen LogP contribution in [0.5, 0.6) is 11.6 Å². The van der Waals surface area contributed by atoms with Gasteiger partial charge in [0.25, 0.3) is 0 Å². The van der Waals surface area contributed by atoms with Gasteiger partial charge in [-0.3, -0.25) is 0 Å². The van der Waals surface area contributed by atoms with Crippen molar-refractivity contribution in [1.82, 2.24) is 9.97 Å². The molecule has 0 amide bonds. The van der Waals surface area contributed by atoms with E-state index < -0.39 is 0 Å². The highest BCUT2D eigenvalue weighted by molar-refractivity contribution is 9.10. The Balaban J connectivity index is 2.26. The molecular formula is C11H10BrN3O. The zero-order valence-electron chi connectivity index (χ0n) is 8.64. The fraction of sp³-hybridized carbons (Fsp3) is 0.0909. The molecule has 82 valence electrons. The Morgan fingerprint density at radius 2 is 2.06 bits per heavy atom. The molecule has 0 aliphatic carbocycles. The van der Waals surface area contributed by atoms with Gasteiger partial charge in [-0.25, -0.2) is 9.97 Å². The first-order valence-corrected chi connectivity index (χ1v) is 5.46. The van der Waals surface area contributed by atoms with Gasteiger partial charge in [0.1, 0.15) is 11.6 Å². The van der Waals surface area contributed by atoms with E-state index in [2.05, 4.69) is 25.9 Å². The van der Waals surface area contributed by atoms with Gasteiger partial charge in [0, 0.05) is 4.47 Å². The molecular weight excluding hydrogens is 270 g/mol. The summed E-state index contributed by atoms with van der Waals surface area (Å²) in [7, 11) is 0. The van der Waals surface area contributed by atoms with Crippen LogP contribution in [0.4, 0.5) is 5.82 Å². The van der Waals surface area contributed by atoms with E-state index in [4.69, 9.17) is 10.5 Å². The lowest BCUT2D eigenvalue weighted by atomic mass is 10.2. The first-order valence-electron chi connectivity index (χ1n) is 4.66. The van der Waals surface area contributed by atoms with Crippen molar-refractivity contribution >= 4 is 21.7 Å². The minimum Gasteiger partial charge on any atom is -0.437 e. The van der Waals surface area contributed by atoms with Crippen LogP contribution < -0.4 is 10.5 Å². The minimum atomic E-state index is 0.373. The number of rotatable bonds is 2.